The van der Waals surface area contributed by atoms with E-state index in [1.807, 2.05) is 44.2 Å². The van der Waals surface area contributed by atoms with Crippen molar-refractivity contribution < 1.29 is 13.5 Å². The summed E-state index contributed by atoms with van der Waals surface area (Å²) < 4.78 is 22.5. The van der Waals surface area contributed by atoms with Gasteiger partial charge < -0.3 is 5.11 Å². The van der Waals surface area contributed by atoms with Crippen LogP contribution in [0.2, 0.25) is 0 Å². The number of sulfone groups is 1. The zero-order valence-corrected chi connectivity index (χ0v) is 12.8. The van der Waals surface area contributed by atoms with Crippen molar-refractivity contribution >= 4 is 9.84 Å². The van der Waals surface area contributed by atoms with E-state index in [9.17, 15) is 13.5 Å². The average Bonchev–Trinajstić information content (AvgIpc) is 2.39. The monoisotopic (exact) mass is 284 g/mol. The van der Waals surface area contributed by atoms with Crippen molar-refractivity contribution in [2.24, 2.45) is 0 Å². The first-order valence-electron chi connectivity index (χ1n) is 6.77. The lowest BCUT2D eigenvalue weighted by Gasteiger charge is -2.37. The minimum absolute atomic E-state index is 0.0305. The summed E-state index contributed by atoms with van der Waals surface area (Å²) in [6, 6.07) is 9.88. The van der Waals surface area contributed by atoms with E-state index in [1.165, 1.54) is 6.26 Å². The second-order valence-corrected chi connectivity index (χ2v) is 7.42. The number of rotatable bonds is 7. The normalized spacial score (nSPS) is 14.3. The lowest BCUT2D eigenvalue weighted by molar-refractivity contribution is 0.0704. The molecule has 0 amide bonds. The fourth-order valence-corrected chi connectivity index (χ4v) is 3.35. The highest BCUT2D eigenvalue weighted by atomic mass is 32.2. The Morgan fingerprint density at radius 3 is 2.11 bits per heavy atom. The van der Waals surface area contributed by atoms with E-state index in [1.54, 1.807) is 0 Å². The highest BCUT2D eigenvalue weighted by molar-refractivity contribution is 7.90. The Hall–Kier alpha value is -0.870. The molecule has 108 valence electrons. The van der Waals surface area contributed by atoms with Gasteiger partial charge in [0.1, 0.15) is 9.84 Å². The lowest BCUT2D eigenvalue weighted by atomic mass is 9.71. The van der Waals surface area contributed by atoms with E-state index < -0.39 is 15.9 Å². The molecular formula is C15H24O3S. The van der Waals surface area contributed by atoms with Gasteiger partial charge in [0.05, 0.1) is 11.9 Å². The quantitative estimate of drug-likeness (QED) is 0.837. The van der Waals surface area contributed by atoms with Crippen LogP contribution in [0.15, 0.2) is 30.3 Å². The van der Waals surface area contributed by atoms with Gasteiger partial charge in [-0.2, -0.15) is 0 Å². The number of hydrogen-bond donors (Lipinski definition) is 1. The van der Waals surface area contributed by atoms with Crippen LogP contribution in [-0.4, -0.2) is 31.6 Å². The van der Waals surface area contributed by atoms with Gasteiger partial charge in [-0.05, 0) is 24.8 Å². The van der Waals surface area contributed by atoms with E-state index in [4.69, 9.17) is 0 Å². The van der Waals surface area contributed by atoms with Crippen LogP contribution in [0.5, 0.6) is 0 Å². The van der Waals surface area contributed by atoms with E-state index in [0.29, 0.717) is 0 Å². The van der Waals surface area contributed by atoms with Crippen LogP contribution in [-0.2, 0) is 15.3 Å². The molecule has 0 aliphatic rings. The first-order valence-corrected chi connectivity index (χ1v) is 8.83. The van der Waals surface area contributed by atoms with Gasteiger partial charge in [0, 0.05) is 11.7 Å². The van der Waals surface area contributed by atoms with E-state index in [0.717, 1.165) is 18.4 Å². The third kappa shape index (κ3) is 4.05. The van der Waals surface area contributed by atoms with Crippen molar-refractivity contribution in [1.29, 1.82) is 0 Å². The van der Waals surface area contributed by atoms with Gasteiger partial charge in [0.2, 0.25) is 0 Å². The maximum Gasteiger partial charge on any atom is 0.147 e. The number of aliphatic hydroxyl groups excluding tert-OH is 1. The zero-order valence-electron chi connectivity index (χ0n) is 12.0. The van der Waals surface area contributed by atoms with Gasteiger partial charge in [0.25, 0.3) is 0 Å². The van der Waals surface area contributed by atoms with E-state index in [-0.39, 0.29) is 17.6 Å². The second-order valence-electron chi connectivity index (χ2n) is 5.16. The molecule has 0 heterocycles. The van der Waals surface area contributed by atoms with Crippen LogP contribution in [0.3, 0.4) is 0 Å². The van der Waals surface area contributed by atoms with Crippen LogP contribution in [0, 0.1) is 0 Å². The number of hydrogen-bond acceptors (Lipinski definition) is 3. The summed E-state index contributed by atoms with van der Waals surface area (Å²) in [5.74, 6) is 0.0305. The molecule has 0 saturated carbocycles. The van der Waals surface area contributed by atoms with Crippen molar-refractivity contribution in [1.82, 2.24) is 0 Å². The molecule has 0 aliphatic carbocycles. The van der Waals surface area contributed by atoms with Gasteiger partial charge in [-0.3, -0.25) is 0 Å². The Morgan fingerprint density at radius 2 is 1.68 bits per heavy atom. The molecule has 3 nitrogen and oxygen atoms in total. The molecule has 0 aromatic heterocycles. The van der Waals surface area contributed by atoms with E-state index in [2.05, 4.69) is 0 Å². The van der Waals surface area contributed by atoms with Gasteiger partial charge in [0.15, 0.2) is 0 Å². The molecule has 0 saturated heterocycles. The molecule has 1 aromatic rings. The molecule has 0 aliphatic heterocycles. The largest absolute Gasteiger partial charge is 0.392 e. The molecule has 0 bridgehead atoms. The van der Waals surface area contributed by atoms with Gasteiger partial charge in [-0.25, -0.2) is 8.42 Å². The Kier molecular flexibility index (Phi) is 5.56. The summed E-state index contributed by atoms with van der Waals surface area (Å²) in [6.45, 7) is 4.08. The first-order chi connectivity index (χ1) is 8.85. The van der Waals surface area contributed by atoms with Crippen molar-refractivity contribution in [3.8, 4) is 0 Å². The molecule has 1 N–H and O–H groups in total. The third-order valence-corrected chi connectivity index (χ3v) is 4.99. The topological polar surface area (TPSA) is 54.4 Å². The van der Waals surface area contributed by atoms with Crippen molar-refractivity contribution in [3.63, 3.8) is 0 Å². The Labute approximate surface area is 116 Å². The number of benzene rings is 1. The lowest BCUT2D eigenvalue weighted by Crippen LogP contribution is -2.39. The fraction of sp³-hybridized carbons (Fsp3) is 0.600. The van der Waals surface area contributed by atoms with Crippen LogP contribution >= 0.6 is 0 Å². The SMILES string of the molecule is CCC(CC)(c1ccccc1)C(O)CCS(C)(=O)=O. The predicted octanol–water partition coefficient (Wildman–Crippen LogP) is 2.54. The molecule has 1 rings (SSSR count). The highest BCUT2D eigenvalue weighted by Gasteiger charge is 2.36. The van der Waals surface area contributed by atoms with Gasteiger partial charge >= 0.3 is 0 Å². The molecule has 19 heavy (non-hydrogen) atoms. The van der Waals surface area contributed by atoms with Crippen LogP contribution < -0.4 is 0 Å². The maximum absolute atomic E-state index is 11.3. The third-order valence-electron chi connectivity index (χ3n) is 4.01. The molecule has 4 heteroatoms. The predicted molar refractivity (Wildman–Crippen MR) is 79.0 cm³/mol. The van der Waals surface area contributed by atoms with Gasteiger partial charge in [-0.15, -0.1) is 0 Å². The highest BCUT2D eigenvalue weighted by Crippen LogP contribution is 2.36. The smallest absolute Gasteiger partial charge is 0.147 e. The fourth-order valence-electron chi connectivity index (χ4n) is 2.69. The summed E-state index contributed by atoms with van der Waals surface area (Å²) in [5, 5.41) is 10.5. The molecular weight excluding hydrogens is 260 g/mol. The minimum atomic E-state index is -3.04. The standard InChI is InChI=1S/C15H24O3S/c1-4-15(5-2,13-9-7-6-8-10-13)14(16)11-12-19(3,17)18/h6-10,14,16H,4-5,11-12H2,1-3H3. The summed E-state index contributed by atoms with van der Waals surface area (Å²) >= 11 is 0. The van der Waals surface area contributed by atoms with Crippen LogP contribution in [0.4, 0.5) is 0 Å². The molecule has 1 aromatic carbocycles. The maximum atomic E-state index is 11.3. The van der Waals surface area contributed by atoms with E-state index >= 15 is 0 Å². The van der Waals surface area contributed by atoms with Crippen molar-refractivity contribution in [3.05, 3.63) is 35.9 Å². The van der Waals surface area contributed by atoms with Crippen molar-refractivity contribution in [2.75, 3.05) is 12.0 Å². The first kappa shape index (κ1) is 16.2. The molecule has 0 spiro atoms. The number of aliphatic hydroxyl groups is 1. The Morgan fingerprint density at radius 1 is 1.16 bits per heavy atom. The van der Waals surface area contributed by atoms with Crippen LogP contribution in [0.1, 0.15) is 38.7 Å². The molecule has 0 fully saturated rings. The molecule has 1 atom stereocenters. The summed E-state index contributed by atoms with van der Waals surface area (Å²) in [5.41, 5.74) is 0.729. The summed E-state index contributed by atoms with van der Waals surface area (Å²) in [4.78, 5) is 0. The second kappa shape index (κ2) is 6.53. The average molecular weight is 284 g/mol. The minimum Gasteiger partial charge on any atom is -0.392 e. The Bertz CT molecular complexity index is 475. The summed E-state index contributed by atoms with van der Waals surface area (Å²) in [7, 11) is -3.04. The van der Waals surface area contributed by atoms with Crippen molar-refractivity contribution in [2.45, 2.75) is 44.6 Å². The van der Waals surface area contributed by atoms with Crippen LogP contribution in [0.25, 0.3) is 0 Å². The summed E-state index contributed by atoms with van der Waals surface area (Å²) in [6.07, 6.45) is 2.44. The Balaban J connectivity index is 2.99. The molecule has 0 radical (unpaired) electrons. The van der Waals surface area contributed by atoms with Gasteiger partial charge in [-0.1, -0.05) is 44.2 Å². The molecule has 1 unspecified atom stereocenters. The zero-order chi connectivity index (χ0) is 14.5.